The van der Waals surface area contributed by atoms with Gasteiger partial charge in [-0.25, -0.2) is 4.79 Å². The zero-order valence-electron chi connectivity index (χ0n) is 14.6. The van der Waals surface area contributed by atoms with Crippen molar-refractivity contribution in [1.82, 2.24) is 5.32 Å². The maximum absolute atomic E-state index is 12.2. The first kappa shape index (κ1) is 19.6. The number of esters is 1. The van der Waals surface area contributed by atoms with Crippen LogP contribution in [0.3, 0.4) is 0 Å². The Kier molecular flexibility index (Phi) is 8.46. The zero-order chi connectivity index (χ0) is 17.9. The molecule has 1 aromatic rings. The van der Waals surface area contributed by atoms with Crippen molar-refractivity contribution in [2.75, 3.05) is 34.5 Å². The van der Waals surface area contributed by atoms with E-state index in [0.29, 0.717) is 18.0 Å². The Hall–Kier alpha value is -2.44. The monoisotopic (exact) mass is 339 g/mol. The van der Waals surface area contributed by atoms with Crippen molar-refractivity contribution in [3.8, 4) is 17.2 Å². The molecule has 0 saturated heterocycles. The van der Waals surface area contributed by atoms with E-state index >= 15 is 0 Å². The first-order valence-electron chi connectivity index (χ1n) is 7.81. The van der Waals surface area contributed by atoms with Gasteiger partial charge in [0, 0.05) is 6.54 Å². The molecule has 134 valence electrons. The van der Waals surface area contributed by atoms with Crippen LogP contribution in [0.1, 0.15) is 36.5 Å². The van der Waals surface area contributed by atoms with E-state index < -0.39 is 5.97 Å². The molecule has 0 aliphatic rings. The minimum Gasteiger partial charge on any atom is -0.493 e. The number of hydrogen-bond acceptors (Lipinski definition) is 6. The first-order chi connectivity index (χ1) is 11.6. The highest BCUT2D eigenvalue weighted by molar-refractivity contribution is 5.95. The van der Waals surface area contributed by atoms with Crippen LogP contribution in [-0.4, -0.2) is 46.4 Å². The molecule has 0 unspecified atom stereocenters. The summed E-state index contributed by atoms with van der Waals surface area (Å²) in [6, 6.07) is 3.07. The van der Waals surface area contributed by atoms with E-state index in [0.717, 1.165) is 19.3 Å². The van der Waals surface area contributed by atoms with Crippen molar-refractivity contribution in [2.45, 2.75) is 26.2 Å². The summed E-state index contributed by atoms with van der Waals surface area (Å²) in [5.74, 6) is -0.0846. The molecule has 0 bridgehead atoms. The number of benzene rings is 1. The average molecular weight is 339 g/mol. The summed E-state index contributed by atoms with van der Waals surface area (Å²) in [6.07, 6.45) is 3.02. The van der Waals surface area contributed by atoms with Gasteiger partial charge in [0.1, 0.15) is 5.56 Å². The molecule has 0 heterocycles. The first-order valence-corrected chi connectivity index (χ1v) is 7.81. The number of ether oxygens (including phenoxy) is 4. The second kappa shape index (κ2) is 10.4. The number of methoxy groups -OCH3 is 3. The topological polar surface area (TPSA) is 83.1 Å². The van der Waals surface area contributed by atoms with Gasteiger partial charge in [-0.3, -0.25) is 4.79 Å². The van der Waals surface area contributed by atoms with Crippen molar-refractivity contribution in [2.24, 2.45) is 0 Å². The Bertz CT molecular complexity index is 558. The van der Waals surface area contributed by atoms with E-state index in [1.807, 2.05) is 0 Å². The van der Waals surface area contributed by atoms with Gasteiger partial charge < -0.3 is 24.3 Å². The lowest BCUT2D eigenvalue weighted by Gasteiger charge is -2.15. The van der Waals surface area contributed by atoms with Crippen LogP contribution in [0.2, 0.25) is 0 Å². The Morgan fingerprint density at radius 3 is 2.29 bits per heavy atom. The highest BCUT2D eigenvalue weighted by Gasteiger charge is 2.22. The van der Waals surface area contributed by atoms with Gasteiger partial charge in [0.2, 0.25) is 5.75 Å². The van der Waals surface area contributed by atoms with Crippen LogP contribution in [0, 0.1) is 0 Å². The summed E-state index contributed by atoms with van der Waals surface area (Å²) in [7, 11) is 4.34. The fraction of sp³-hybridized carbons (Fsp3) is 0.529. The zero-order valence-corrected chi connectivity index (χ0v) is 14.6. The van der Waals surface area contributed by atoms with Gasteiger partial charge in [-0.1, -0.05) is 19.8 Å². The maximum Gasteiger partial charge on any atom is 0.342 e. The largest absolute Gasteiger partial charge is 0.493 e. The number of hydrogen-bond donors (Lipinski definition) is 1. The van der Waals surface area contributed by atoms with Crippen molar-refractivity contribution in [1.29, 1.82) is 0 Å². The van der Waals surface area contributed by atoms with E-state index in [1.54, 1.807) is 6.07 Å². The summed E-state index contributed by atoms with van der Waals surface area (Å²) < 4.78 is 20.6. The van der Waals surface area contributed by atoms with Crippen LogP contribution in [0.15, 0.2) is 12.1 Å². The highest BCUT2D eigenvalue weighted by Crippen LogP contribution is 2.39. The fourth-order valence-electron chi connectivity index (χ4n) is 2.12. The number of nitrogens with one attached hydrogen (secondary N) is 1. The molecule has 0 aliphatic carbocycles. The molecule has 0 saturated carbocycles. The van der Waals surface area contributed by atoms with E-state index in [2.05, 4.69) is 12.2 Å². The molecule has 0 spiro atoms. The smallest absolute Gasteiger partial charge is 0.342 e. The molecule has 0 aromatic heterocycles. The van der Waals surface area contributed by atoms with Crippen LogP contribution >= 0.6 is 0 Å². The van der Waals surface area contributed by atoms with Gasteiger partial charge in [0.05, 0.1) is 21.3 Å². The van der Waals surface area contributed by atoms with E-state index in [-0.39, 0.29) is 23.8 Å². The predicted octanol–water partition coefficient (Wildman–Crippen LogP) is 2.18. The van der Waals surface area contributed by atoms with E-state index in [4.69, 9.17) is 18.9 Å². The highest BCUT2D eigenvalue weighted by atomic mass is 16.5. The van der Waals surface area contributed by atoms with Gasteiger partial charge in [-0.15, -0.1) is 0 Å². The van der Waals surface area contributed by atoms with Gasteiger partial charge in [0.25, 0.3) is 5.91 Å². The molecule has 0 radical (unpaired) electrons. The summed E-state index contributed by atoms with van der Waals surface area (Å²) >= 11 is 0. The lowest BCUT2D eigenvalue weighted by Crippen LogP contribution is -2.29. The predicted molar refractivity (Wildman–Crippen MR) is 88.9 cm³/mol. The van der Waals surface area contributed by atoms with Gasteiger partial charge in [-0.2, -0.15) is 0 Å². The maximum atomic E-state index is 12.2. The molecule has 24 heavy (non-hydrogen) atoms. The second-order valence-electron chi connectivity index (χ2n) is 5.02. The molecule has 0 fully saturated rings. The molecule has 1 aromatic carbocycles. The Balaban J connectivity index is 2.69. The van der Waals surface area contributed by atoms with Gasteiger partial charge in [-0.05, 0) is 18.6 Å². The standard InChI is InChI=1S/C17H25NO6/c1-5-6-7-10-18-14(19)11-24-17(20)12-8-9-13(21-2)16(23-4)15(12)22-3/h8-9H,5-7,10-11H2,1-4H3,(H,18,19). The normalized spacial score (nSPS) is 10.0. The van der Waals surface area contributed by atoms with E-state index in [9.17, 15) is 9.59 Å². The lowest BCUT2D eigenvalue weighted by atomic mass is 10.1. The number of carbonyl (C=O) groups is 2. The third kappa shape index (κ3) is 5.33. The van der Waals surface area contributed by atoms with Crippen molar-refractivity contribution in [3.63, 3.8) is 0 Å². The molecule has 1 N–H and O–H groups in total. The molecular formula is C17H25NO6. The van der Waals surface area contributed by atoms with Crippen molar-refractivity contribution in [3.05, 3.63) is 17.7 Å². The lowest BCUT2D eigenvalue weighted by molar-refractivity contribution is -0.124. The quantitative estimate of drug-likeness (QED) is 0.520. The molecule has 1 rings (SSSR count). The fourth-order valence-corrected chi connectivity index (χ4v) is 2.12. The number of rotatable bonds is 10. The molecule has 7 heteroatoms. The summed E-state index contributed by atoms with van der Waals surface area (Å²) in [5, 5.41) is 2.70. The molecule has 1 amide bonds. The minimum absolute atomic E-state index is 0.161. The Morgan fingerprint density at radius 2 is 1.71 bits per heavy atom. The number of amides is 1. The summed E-state index contributed by atoms with van der Waals surface area (Å²) in [4.78, 5) is 23.9. The Morgan fingerprint density at radius 1 is 1.00 bits per heavy atom. The molecule has 7 nitrogen and oxygen atoms in total. The van der Waals surface area contributed by atoms with Gasteiger partial charge in [0.15, 0.2) is 18.1 Å². The third-order valence-electron chi connectivity index (χ3n) is 3.36. The Labute approximate surface area is 142 Å². The molecule has 0 atom stereocenters. The van der Waals surface area contributed by atoms with Crippen molar-refractivity contribution >= 4 is 11.9 Å². The van der Waals surface area contributed by atoms with Crippen molar-refractivity contribution < 1.29 is 28.5 Å². The van der Waals surface area contributed by atoms with Crippen LogP contribution in [0.4, 0.5) is 0 Å². The van der Waals surface area contributed by atoms with Crippen LogP contribution < -0.4 is 19.5 Å². The van der Waals surface area contributed by atoms with E-state index in [1.165, 1.54) is 27.4 Å². The number of unbranched alkanes of at least 4 members (excludes halogenated alkanes) is 2. The van der Waals surface area contributed by atoms with Crippen LogP contribution in [-0.2, 0) is 9.53 Å². The molecule has 0 aliphatic heterocycles. The van der Waals surface area contributed by atoms with Crippen LogP contribution in [0.5, 0.6) is 17.2 Å². The second-order valence-corrected chi connectivity index (χ2v) is 5.02. The minimum atomic E-state index is -0.670. The average Bonchev–Trinajstić information content (AvgIpc) is 2.61. The van der Waals surface area contributed by atoms with Gasteiger partial charge >= 0.3 is 5.97 Å². The number of carbonyl (C=O) groups excluding carboxylic acids is 2. The SMILES string of the molecule is CCCCCNC(=O)COC(=O)c1ccc(OC)c(OC)c1OC. The third-order valence-corrected chi connectivity index (χ3v) is 3.36. The summed E-state index contributed by atoms with van der Waals surface area (Å²) in [6.45, 7) is 2.31. The van der Waals surface area contributed by atoms with Crippen LogP contribution in [0.25, 0.3) is 0 Å². The summed E-state index contributed by atoms with van der Waals surface area (Å²) in [5.41, 5.74) is 0.161. The molecular weight excluding hydrogens is 314 g/mol.